The molecule has 4 aromatic rings. The number of nitrogens with one attached hydrogen (secondary N) is 1. The van der Waals surface area contributed by atoms with Crippen LogP contribution in [0.25, 0.3) is 11.3 Å². The van der Waals surface area contributed by atoms with Crippen LogP contribution in [0.2, 0.25) is 0 Å². The van der Waals surface area contributed by atoms with Crippen LogP contribution in [0.5, 0.6) is 0 Å². The molecule has 2 fully saturated rings. The number of benzene rings is 3. The van der Waals surface area contributed by atoms with Gasteiger partial charge in [0.15, 0.2) is 0 Å². The van der Waals surface area contributed by atoms with E-state index in [-0.39, 0.29) is 35.8 Å². The van der Waals surface area contributed by atoms with Gasteiger partial charge in [-0.15, -0.1) is 0 Å². The van der Waals surface area contributed by atoms with Crippen molar-refractivity contribution in [2.24, 2.45) is 0 Å². The summed E-state index contributed by atoms with van der Waals surface area (Å²) in [5.74, 6) is -0.878. The molecule has 2 atom stereocenters. The van der Waals surface area contributed by atoms with Gasteiger partial charge in [-0.25, -0.2) is 0 Å². The van der Waals surface area contributed by atoms with Crippen molar-refractivity contribution >= 4 is 35.1 Å². The monoisotopic (exact) mass is 798 g/mol. The van der Waals surface area contributed by atoms with E-state index < -0.39 is 5.60 Å². The van der Waals surface area contributed by atoms with E-state index >= 15 is 0 Å². The summed E-state index contributed by atoms with van der Waals surface area (Å²) in [5, 5.41) is 3.28. The van der Waals surface area contributed by atoms with Crippen molar-refractivity contribution < 1.29 is 23.9 Å². The number of aromatic nitrogens is 1. The molecule has 0 unspecified atom stereocenters. The van der Waals surface area contributed by atoms with Gasteiger partial charge in [-0.1, -0.05) is 30.3 Å². The van der Waals surface area contributed by atoms with Crippen LogP contribution >= 0.6 is 0 Å². The number of anilines is 2. The first-order valence-electron chi connectivity index (χ1n) is 21.2. The molecule has 3 heterocycles. The first-order valence-corrected chi connectivity index (χ1v) is 21.2. The van der Waals surface area contributed by atoms with E-state index in [1.807, 2.05) is 51.1 Å². The number of nitrogens with zero attached hydrogens (tertiary/aromatic N) is 5. The molecular formula is C48H58N6O5. The van der Waals surface area contributed by atoms with Crippen LogP contribution in [0.4, 0.5) is 11.4 Å². The van der Waals surface area contributed by atoms with E-state index in [1.54, 1.807) is 60.4 Å². The maximum Gasteiger partial charge on any atom is 0.323 e. The van der Waals surface area contributed by atoms with Crippen LogP contribution < -0.4 is 15.1 Å². The number of ether oxygens (including phenoxy) is 1. The van der Waals surface area contributed by atoms with Gasteiger partial charge in [0.1, 0.15) is 11.6 Å². The van der Waals surface area contributed by atoms with Gasteiger partial charge in [-0.05, 0) is 138 Å². The normalized spacial score (nSPS) is 18.2. The van der Waals surface area contributed by atoms with Crippen LogP contribution in [0.15, 0.2) is 85.1 Å². The molecule has 3 aliphatic rings. The minimum Gasteiger partial charge on any atom is -0.459 e. The number of aryl methyl sites for hydroxylation is 1. The number of pyridine rings is 1. The molecule has 0 radical (unpaired) electrons. The second-order valence-electron chi connectivity index (χ2n) is 17.2. The quantitative estimate of drug-likeness (QED) is 0.154. The topological polar surface area (TPSA) is 115 Å². The summed E-state index contributed by atoms with van der Waals surface area (Å²) in [4.78, 5) is 67.1. The van der Waals surface area contributed by atoms with Crippen LogP contribution in [0.1, 0.15) is 114 Å². The predicted octanol–water partition coefficient (Wildman–Crippen LogP) is 7.70. The standard InChI is InChI=1S/C48H58N6O5/c1-48(2,3)59-47(58)43-20-13-27-54(43)29-28-51(4)45(56)35-16-11-17-36(30-35)46(57)52(5)42-22-21-37(53-25-9-6-10-26-53)32-39(42)41-31-34(23-24-49-41)44(55)50-40-19-12-15-33-14-7-8-18-38(33)40/h7-8,11,14,16-18,21-24,30-32,40,43H,6,9-10,12-13,15,19-20,25-29H2,1-5H3,(H,50,55)/t40-,43-/m0/s1. The van der Waals surface area contributed by atoms with Crippen molar-refractivity contribution in [3.63, 3.8) is 0 Å². The third-order valence-electron chi connectivity index (χ3n) is 11.8. The fourth-order valence-corrected chi connectivity index (χ4v) is 8.65. The lowest BCUT2D eigenvalue weighted by atomic mass is 9.87. The average molecular weight is 799 g/mol. The van der Waals surface area contributed by atoms with Crippen LogP contribution in [-0.2, 0) is 16.0 Å². The van der Waals surface area contributed by atoms with Gasteiger partial charge in [0, 0.05) is 74.4 Å². The number of hydrogen-bond acceptors (Lipinski definition) is 8. The Morgan fingerprint density at radius 2 is 1.56 bits per heavy atom. The highest BCUT2D eigenvalue weighted by Gasteiger charge is 2.34. The lowest BCUT2D eigenvalue weighted by Gasteiger charge is -2.30. The van der Waals surface area contributed by atoms with Gasteiger partial charge < -0.3 is 24.8 Å². The van der Waals surface area contributed by atoms with Crippen LogP contribution in [0, 0.1) is 0 Å². The fourth-order valence-electron chi connectivity index (χ4n) is 8.65. The Balaban J connectivity index is 1.09. The van der Waals surface area contributed by atoms with Crippen molar-refractivity contribution in [1.29, 1.82) is 0 Å². The molecule has 3 amide bonds. The van der Waals surface area contributed by atoms with Gasteiger partial charge >= 0.3 is 5.97 Å². The number of fused-ring (bicyclic) bond motifs is 1. The first kappa shape index (κ1) is 41.6. The average Bonchev–Trinajstić information content (AvgIpc) is 3.74. The van der Waals surface area contributed by atoms with Gasteiger partial charge in [0.2, 0.25) is 0 Å². The highest BCUT2D eigenvalue weighted by atomic mass is 16.6. The second-order valence-corrected chi connectivity index (χ2v) is 17.2. The summed E-state index contributed by atoms with van der Waals surface area (Å²) >= 11 is 0. The third kappa shape index (κ3) is 9.84. The Morgan fingerprint density at radius 1 is 0.797 bits per heavy atom. The lowest BCUT2D eigenvalue weighted by molar-refractivity contribution is -0.160. The Labute approximate surface area is 348 Å². The highest BCUT2D eigenvalue weighted by molar-refractivity contribution is 6.09. The molecule has 0 spiro atoms. The zero-order valence-electron chi connectivity index (χ0n) is 35.2. The van der Waals surface area contributed by atoms with Crippen molar-refractivity contribution in [3.8, 4) is 11.3 Å². The van der Waals surface area contributed by atoms with Crippen molar-refractivity contribution in [2.75, 3.05) is 56.6 Å². The van der Waals surface area contributed by atoms with Crippen molar-refractivity contribution in [1.82, 2.24) is 20.1 Å². The number of amides is 3. The molecule has 11 heteroatoms. The number of carbonyl (C=O) groups is 4. The zero-order chi connectivity index (χ0) is 41.7. The maximum atomic E-state index is 14.3. The molecule has 0 bridgehead atoms. The van der Waals surface area contributed by atoms with Gasteiger partial charge in [0.05, 0.1) is 17.4 Å². The number of hydrogen-bond donors (Lipinski definition) is 1. The number of likely N-dealkylation sites (N-methyl/N-ethyl adjacent to an activating group) is 1. The van der Waals surface area contributed by atoms with E-state index in [0.717, 1.165) is 75.8 Å². The summed E-state index contributed by atoms with van der Waals surface area (Å²) in [7, 11) is 3.48. The lowest BCUT2D eigenvalue weighted by Crippen LogP contribution is -2.44. The highest BCUT2D eigenvalue weighted by Crippen LogP contribution is 2.36. The third-order valence-corrected chi connectivity index (χ3v) is 11.8. The zero-order valence-corrected chi connectivity index (χ0v) is 35.2. The summed E-state index contributed by atoms with van der Waals surface area (Å²) in [6, 6.07) is 24.4. The molecular weight excluding hydrogens is 741 g/mol. The van der Waals surface area contributed by atoms with Gasteiger partial charge in [-0.3, -0.25) is 29.1 Å². The SMILES string of the molecule is CN(CCN1CCC[C@H]1C(=O)OC(C)(C)C)C(=O)c1cccc(C(=O)N(C)c2ccc(N3CCCCC3)cc2-c2cc(C(=O)N[C@H]3CCCc4ccccc43)ccn2)c1. The Bertz CT molecular complexity index is 2170. The molecule has 0 saturated carbocycles. The maximum absolute atomic E-state index is 14.3. The van der Waals surface area contributed by atoms with E-state index in [0.29, 0.717) is 41.2 Å². The summed E-state index contributed by atoms with van der Waals surface area (Å²) in [5.41, 5.74) is 6.17. The molecule has 1 aromatic heterocycles. The van der Waals surface area contributed by atoms with E-state index in [1.165, 1.54) is 17.5 Å². The molecule has 1 aliphatic carbocycles. The summed E-state index contributed by atoms with van der Waals surface area (Å²) in [6.07, 6.45) is 9.63. The van der Waals surface area contributed by atoms with Crippen LogP contribution in [-0.4, -0.2) is 96.9 Å². The molecule has 2 saturated heterocycles. The Kier molecular flexibility index (Phi) is 12.8. The Morgan fingerprint density at radius 3 is 2.34 bits per heavy atom. The second kappa shape index (κ2) is 18.2. The largest absolute Gasteiger partial charge is 0.459 e. The summed E-state index contributed by atoms with van der Waals surface area (Å²) < 4.78 is 5.66. The number of likely N-dealkylation sites (tertiary alicyclic amines) is 1. The molecule has 59 heavy (non-hydrogen) atoms. The number of piperidine rings is 1. The molecule has 310 valence electrons. The minimum absolute atomic E-state index is 0.0603. The smallest absolute Gasteiger partial charge is 0.323 e. The molecule has 11 nitrogen and oxygen atoms in total. The van der Waals surface area contributed by atoms with E-state index in [2.05, 4.69) is 33.3 Å². The Hall–Kier alpha value is -5.55. The van der Waals surface area contributed by atoms with Gasteiger partial charge in [-0.2, -0.15) is 0 Å². The fraction of sp³-hybridized carbons (Fsp3) is 0.438. The number of rotatable bonds is 11. The molecule has 1 N–H and O–H groups in total. The van der Waals surface area contributed by atoms with E-state index in [9.17, 15) is 19.2 Å². The molecule has 7 rings (SSSR count). The first-order chi connectivity index (χ1) is 28.4. The number of carbonyl (C=O) groups excluding carboxylic acids is 4. The molecule has 2 aliphatic heterocycles. The van der Waals surface area contributed by atoms with Crippen molar-refractivity contribution in [2.45, 2.75) is 89.8 Å². The van der Waals surface area contributed by atoms with Gasteiger partial charge in [0.25, 0.3) is 17.7 Å². The minimum atomic E-state index is -0.560. The van der Waals surface area contributed by atoms with Crippen LogP contribution in [0.3, 0.4) is 0 Å². The predicted molar refractivity (Wildman–Crippen MR) is 232 cm³/mol. The van der Waals surface area contributed by atoms with Crippen molar-refractivity contribution in [3.05, 3.63) is 113 Å². The molecule has 3 aromatic carbocycles. The number of esters is 1. The van der Waals surface area contributed by atoms with E-state index in [4.69, 9.17) is 9.72 Å². The summed E-state index contributed by atoms with van der Waals surface area (Å²) in [6.45, 7) is 9.23.